The van der Waals surface area contributed by atoms with Crippen LogP contribution >= 0.6 is 0 Å². The highest BCUT2D eigenvalue weighted by atomic mass is 16.5. The molecule has 0 saturated heterocycles. The predicted octanol–water partition coefficient (Wildman–Crippen LogP) is 1.96. The maximum Gasteiger partial charge on any atom is 0.124 e. The number of methoxy groups -OCH3 is 1. The highest BCUT2D eigenvalue weighted by Gasteiger charge is 2.33. The SMILES string of the molecule is CCCCCC1N=C(N)C(OC)C1C. The number of aliphatic imine (C=N–C) groups is 1. The molecule has 1 heterocycles. The number of unbranched alkanes of at least 4 members (excludes halogenated alkanes) is 2. The van der Waals surface area contributed by atoms with Gasteiger partial charge in [-0.25, -0.2) is 0 Å². The van der Waals surface area contributed by atoms with Gasteiger partial charge in [-0.2, -0.15) is 0 Å². The zero-order valence-electron chi connectivity index (χ0n) is 9.49. The zero-order valence-corrected chi connectivity index (χ0v) is 9.49. The summed E-state index contributed by atoms with van der Waals surface area (Å²) in [5, 5.41) is 0. The predicted molar refractivity (Wildman–Crippen MR) is 59.5 cm³/mol. The van der Waals surface area contributed by atoms with Gasteiger partial charge >= 0.3 is 0 Å². The molecular weight excluding hydrogens is 176 g/mol. The van der Waals surface area contributed by atoms with Crippen LogP contribution in [0, 0.1) is 5.92 Å². The number of nitrogens with zero attached hydrogens (tertiary/aromatic N) is 1. The lowest BCUT2D eigenvalue weighted by Gasteiger charge is -2.18. The molecule has 3 unspecified atom stereocenters. The summed E-state index contributed by atoms with van der Waals surface area (Å²) < 4.78 is 5.32. The number of nitrogens with two attached hydrogens (primary N) is 1. The lowest BCUT2D eigenvalue weighted by atomic mass is 9.95. The van der Waals surface area contributed by atoms with Crippen LogP contribution in [0.3, 0.4) is 0 Å². The van der Waals surface area contributed by atoms with Crippen LogP contribution in [0.15, 0.2) is 4.99 Å². The second-order valence-corrected chi connectivity index (χ2v) is 4.13. The Morgan fingerprint density at radius 3 is 2.64 bits per heavy atom. The molecule has 0 aromatic rings. The van der Waals surface area contributed by atoms with Crippen molar-refractivity contribution in [3.63, 3.8) is 0 Å². The van der Waals surface area contributed by atoms with Crippen molar-refractivity contribution in [1.29, 1.82) is 0 Å². The zero-order chi connectivity index (χ0) is 10.6. The van der Waals surface area contributed by atoms with E-state index in [0.29, 0.717) is 17.8 Å². The van der Waals surface area contributed by atoms with Gasteiger partial charge in [0.25, 0.3) is 0 Å². The van der Waals surface area contributed by atoms with E-state index in [1.54, 1.807) is 7.11 Å². The first-order chi connectivity index (χ1) is 6.70. The molecule has 1 aliphatic rings. The van der Waals surface area contributed by atoms with Crippen LogP contribution in [-0.4, -0.2) is 25.1 Å². The monoisotopic (exact) mass is 198 g/mol. The van der Waals surface area contributed by atoms with Crippen molar-refractivity contribution < 1.29 is 4.74 Å². The Morgan fingerprint density at radius 2 is 2.14 bits per heavy atom. The Kier molecular flexibility index (Phi) is 4.39. The smallest absolute Gasteiger partial charge is 0.124 e. The van der Waals surface area contributed by atoms with Crippen LogP contribution in [0.2, 0.25) is 0 Å². The lowest BCUT2D eigenvalue weighted by molar-refractivity contribution is 0.110. The quantitative estimate of drug-likeness (QED) is 0.686. The molecule has 3 nitrogen and oxygen atoms in total. The first-order valence-corrected chi connectivity index (χ1v) is 5.56. The molecule has 0 aliphatic carbocycles. The summed E-state index contributed by atoms with van der Waals surface area (Å²) in [5.74, 6) is 1.12. The Labute approximate surface area is 86.7 Å². The van der Waals surface area contributed by atoms with E-state index < -0.39 is 0 Å². The number of hydrogen-bond donors (Lipinski definition) is 1. The summed E-state index contributed by atoms with van der Waals surface area (Å²) in [6.07, 6.45) is 4.99. The van der Waals surface area contributed by atoms with Crippen molar-refractivity contribution in [2.45, 2.75) is 51.7 Å². The maximum absolute atomic E-state index is 5.80. The molecule has 3 atom stereocenters. The fraction of sp³-hybridized carbons (Fsp3) is 0.909. The molecule has 0 bridgehead atoms. The third-order valence-electron chi connectivity index (χ3n) is 3.05. The summed E-state index contributed by atoms with van der Waals surface area (Å²) in [6.45, 7) is 4.39. The van der Waals surface area contributed by atoms with E-state index in [-0.39, 0.29) is 6.10 Å². The van der Waals surface area contributed by atoms with Gasteiger partial charge in [0, 0.05) is 13.0 Å². The van der Waals surface area contributed by atoms with Crippen molar-refractivity contribution in [3.8, 4) is 0 Å². The largest absolute Gasteiger partial charge is 0.385 e. The number of hydrogen-bond acceptors (Lipinski definition) is 3. The van der Waals surface area contributed by atoms with E-state index in [1.165, 1.54) is 19.3 Å². The molecular formula is C11H22N2O. The van der Waals surface area contributed by atoms with Crippen LogP contribution < -0.4 is 5.73 Å². The summed E-state index contributed by atoms with van der Waals surface area (Å²) in [7, 11) is 1.71. The minimum Gasteiger partial charge on any atom is -0.385 e. The minimum atomic E-state index is 0.0432. The van der Waals surface area contributed by atoms with Gasteiger partial charge in [0.2, 0.25) is 0 Å². The van der Waals surface area contributed by atoms with Crippen molar-refractivity contribution in [1.82, 2.24) is 0 Å². The van der Waals surface area contributed by atoms with E-state index in [0.717, 1.165) is 6.42 Å². The molecule has 3 heteroatoms. The standard InChI is InChI=1S/C11H22N2O/c1-4-5-6-7-9-8(2)10(14-3)11(12)13-9/h8-10H,4-7H2,1-3H3,(H2,12,13). The lowest BCUT2D eigenvalue weighted by Crippen LogP contribution is -2.32. The Bertz CT molecular complexity index is 203. The molecule has 2 N–H and O–H groups in total. The molecule has 1 rings (SSSR count). The van der Waals surface area contributed by atoms with Crippen LogP contribution in [0.1, 0.15) is 39.5 Å². The van der Waals surface area contributed by atoms with E-state index >= 15 is 0 Å². The average Bonchev–Trinajstić information content (AvgIpc) is 2.42. The number of ether oxygens (including phenoxy) is 1. The number of rotatable bonds is 5. The fourth-order valence-electron chi connectivity index (χ4n) is 2.12. The molecule has 0 aromatic heterocycles. The Morgan fingerprint density at radius 1 is 1.43 bits per heavy atom. The molecule has 1 aliphatic heterocycles. The molecule has 82 valence electrons. The molecule has 0 aromatic carbocycles. The highest BCUT2D eigenvalue weighted by molar-refractivity contribution is 5.87. The van der Waals surface area contributed by atoms with E-state index in [2.05, 4.69) is 18.8 Å². The van der Waals surface area contributed by atoms with Crippen molar-refractivity contribution in [3.05, 3.63) is 0 Å². The molecule has 0 amide bonds. The molecule has 14 heavy (non-hydrogen) atoms. The van der Waals surface area contributed by atoms with Gasteiger partial charge in [0.15, 0.2) is 0 Å². The molecule has 0 saturated carbocycles. The molecule has 0 radical (unpaired) electrons. The van der Waals surface area contributed by atoms with Crippen LogP contribution in [0.25, 0.3) is 0 Å². The summed E-state index contributed by atoms with van der Waals surface area (Å²) in [6, 6.07) is 0.381. The van der Waals surface area contributed by atoms with E-state index in [9.17, 15) is 0 Å². The Hall–Kier alpha value is -0.570. The van der Waals surface area contributed by atoms with Gasteiger partial charge in [-0.1, -0.05) is 33.1 Å². The average molecular weight is 198 g/mol. The van der Waals surface area contributed by atoms with Gasteiger partial charge in [-0.05, 0) is 6.42 Å². The van der Waals surface area contributed by atoms with Gasteiger partial charge < -0.3 is 10.5 Å². The fourth-order valence-corrected chi connectivity index (χ4v) is 2.12. The van der Waals surface area contributed by atoms with Crippen molar-refractivity contribution >= 4 is 5.84 Å². The molecule has 0 spiro atoms. The van der Waals surface area contributed by atoms with Gasteiger partial charge in [0.1, 0.15) is 11.9 Å². The maximum atomic E-state index is 5.80. The van der Waals surface area contributed by atoms with Crippen LogP contribution in [0.5, 0.6) is 0 Å². The summed E-state index contributed by atoms with van der Waals surface area (Å²) in [5.41, 5.74) is 5.80. The first-order valence-electron chi connectivity index (χ1n) is 5.56. The normalized spacial score (nSPS) is 31.9. The van der Waals surface area contributed by atoms with Crippen molar-refractivity contribution in [2.24, 2.45) is 16.6 Å². The van der Waals surface area contributed by atoms with Crippen LogP contribution in [-0.2, 0) is 4.74 Å². The van der Waals surface area contributed by atoms with E-state index in [4.69, 9.17) is 10.5 Å². The topological polar surface area (TPSA) is 47.6 Å². The Balaban J connectivity index is 2.40. The number of amidine groups is 1. The highest BCUT2D eigenvalue weighted by Crippen LogP contribution is 2.26. The third kappa shape index (κ3) is 2.47. The third-order valence-corrected chi connectivity index (χ3v) is 3.05. The van der Waals surface area contributed by atoms with Gasteiger partial charge in [-0.15, -0.1) is 0 Å². The second-order valence-electron chi connectivity index (χ2n) is 4.13. The molecule has 0 fully saturated rings. The van der Waals surface area contributed by atoms with E-state index in [1.807, 2.05) is 0 Å². The van der Waals surface area contributed by atoms with Gasteiger partial charge in [-0.3, -0.25) is 4.99 Å². The second kappa shape index (κ2) is 5.35. The summed E-state index contributed by atoms with van der Waals surface area (Å²) in [4.78, 5) is 4.46. The first kappa shape index (κ1) is 11.5. The van der Waals surface area contributed by atoms with Gasteiger partial charge in [0.05, 0.1) is 6.04 Å². The minimum absolute atomic E-state index is 0.0432. The van der Waals surface area contributed by atoms with Crippen LogP contribution in [0.4, 0.5) is 0 Å². The van der Waals surface area contributed by atoms with Crippen molar-refractivity contribution in [2.75, 3.05) is 7.11 Å². The summed E-state index contributed by atoms with van der Waals surface area (Å²) >= 11 is 0.